The summed E-state index contributed by atoms with van der Waals surface area (Å²) in [5.41, 5.74) is 1.88. The number of hydrogen-bond donors (Lipinski definition) is 3. The molecular formula is C17H18N2O6S. The molecule has 0 fully saturated rings. The molecule has 2 rings (SSSR count). The van der Waals surface area contributed by atoms with Gasteiger partial charge in [0.25, 0.3) is 5.91 Å². The predicted octanol–water partition coefficient (Wildman–Crippen LogP) is 1.47. The standard InChI is InChI=1S/C17H18N2O6S/c1-12(16(20)18-23)19(11-13-6-3-2-4-7-13)26(24,25)15-9-5-8-14(10-15)17(21)22/h2-10,12,23H,11H2,1H3,(H,18,20)(H,21,22)/t12-/m0/s1. The van der Waals surface area contributed by atoms with Crippen LogP contribution in [0.15, 0.2) is 59.5 Å². The Bertz CT molecular complexity index is 898. The van der Waals surface area contributed by atoms with Crippen LogP contribution in [0.1, 0.15) is 22.8 Å². The number of carboxylic acids is 1. The molecule has 0 spiro atoms. The molecule has 0 heterocycles. The van der Waals surface area contributed by atoms with Crippen LogP contribution in [0, 0.1) is 0 Å². The summed E-state index contributed by atoms with van der Waals surface area (Å²) in [5, 5.41) is 18.0. The van der Waals surface area contributed by atoms with Crippen LogP contribution in [0.4, 0.5) is 0 Å². The fourth-order valence-corrected chi connectivity index (χ4v) is 3.97. The van der Waals surface area contributed by atoms with Crippen molar-refractivity contribution in [2.75, 3.05) is 0 Å². The van der Waals surface area contributed by atoms with E-state index in [0.29, 0.717) is 5.56 Å². The molecule has 9 heteroatoms. The van der Waals surface area contributed by atoms with E-state index in [1.165, 1.54) is 30.6 Å². The third-order valence-corrected chi connectivity index (χ3v) is 5.70. The number of nitrogens with one attached hydrogen (secondary N) is 1. The fraction of sp³-hybridized carbons (Fsp3) is 0.176. The Labute approximate surface area is 150 Å². The van der Waals surface area contributed by atoms with Crippen molar-refractivity contribution in [1.82, 2.24) is 9.79 Å². The zero-order valence-electron chi connectivity index (χ0n) is 13.9. The first-order chi connectivity index (χ1) is 12.3. The average Bonchev–Trinajstić information content (AvgIpc) is 2.65. The van der Waals surface area contributed by atoms with Gasteiger partial charge in [0.05, 0.1) is 10.5 Å². The molecule has 0 radical (unpaired) electrons. The van der Waals surface area contributed by atoms with Crippen molar-refractivity contribution >= 4 is 21.9 Å². The molecule has 0 aliphatic rings. The van der Waals surface area contributed by atoms with E-state index in [1.807, 2.05) is 0 Å². The van der Waals surface area contributed by atoms with Gasteiger partial charge in [-0.3, -0.25) is 10.0 Å². The fourth-order valence-electron chi connectivity index (χ4n) is 2.34. The largest absolute Gasteiger partial charge is 0.478 e. The number of amides is 1. The van der Waals surface area contributed by atoms with E-state index in [2.05, 4.69) is 0 Å². The SMILES string of the molecule is C[C@@H](C(=O)NO)N(Cc1ccccc1)S(=O)(=O)c1cccc(C(=O)O)c1. The Balaban J connectivity index is 2.50. The van der Waals surface area contributed by atoms with Crippen molar-refractivity contribution in [3.05, 3.63) is 65.7 Å². The number of carbonyl (C=O) groups excluding carboxylic acids is 1. The van der Waals surface area contributed by atoms with Gasteiger partial charge in [0.2, 0.25) is 10.0 Å². The lowest BCUT2D eigenvalue weighted by Crippen LogP contribution is -2.46. The third kappa shape index (κ3) is 4.26. The molecule has 2 aromatic carbocycles. The molecule has 0 aliphatic heterocycles. The minimum absolute atomic E-state index is 0.130. The third-order valence-electron chi connectivity index (χ3n) is 3.79. The van der Waals surface area contributed by atoms with Crippen LogP contribution in [-0.4, -0.2) is 41.0 Å². The predicted molar refractivity (Wildman–Crippen MR) is 92.0 cm³/mol. The summed E-state index contributed by atoms with van der Waals surface area (Å²) in [7, 11) is -4.21. The number of benzene rings is 2. The topological polar surface area (TPSA) is 124 Å². The maximum absolute atomic E-state index is 13.0. The highest BCUT2D eigenvalue weighted by atomic mass is 32.2. The highest BCUT2D eigenvalue weighted by molar-refractivity contribution is 7.89. The van der Waals surface area contributed by atoms with Gasteiger partial charge in [-0.2, -0.15) is 4.31 Å². The van der Waals surface area contributed by atoms with Gasteiger partial charge in [0.1, 0.15) is 6.04 Å². The van der Waals surface area contributed by atoms with Crippen LogP contribution in [0.5, 0.6) is 0 Å². The number of carboxylic acid groups (broad SMARTS) is 1. The second-order valence-corrected chi connectivity index (χ2v) is 7.41. The van der Waals surface area contributed by atoms with Crippen LogP contribution < -0.4 is 5.48 Å². The van der Waals surface area contributed by atoms with Gasteiger partial charge in [0, 0.05) is 6.54 Å². The highest BCUT2D eigenvalue weighted by Crippen LogP contribution is 2.22. The number of nitrogens with zero attached hydrogens (tertiary/aromatic N) is 1. The molecule has 0 unspecified atom stereocenters. The van der Waals surface area contributed by atoms with Crippen molar-refractivity contribution in [2.24, 2.45) is 0 Å². The van der Waals surface area contributed by atoms with Gasteiger partial charge in [-0.15, -0.1) is 0 Å². The minimum Gasteiger partial charge on any atom is -0.478 e. The number of sulfonamides is 1. The molecular weight excluding hydrogens is 360 g/mol. The highest BCUT2D eigenvalue weighted by Gasteiger charge is 2.33. The van der Waals surface area contributed by atoms with Crippen LogP contribution in [0.2, 0.25) is 0 Å². The number of aromatic carboxylic acids is 1. The molecule has 2 aromatic rings. The lowest BCUT2D eigenvalue weighted by atomic mass is 10.2. The maximum atomic E-state index is 13.0. The van der Waals surface area contributed by atoms with E-state index < -0.39 is 27.9 Å². The van der Waals surface area contributed by atoms with E-state index in [1.54, 1.807) is 30.3 Å². The molecule has 26 heavy (non-hydrogen) atoms. The quantitative estimate of drug-likeness (QED) is 0.495. The second kappa shape index (κ2) is 8.09. The lowest BCUT2D eigenvalue weighted by molar-refractivity contribution is -0.132. The molecule has 0 saturated carbocycles. The van der Waals surface area contributed by atoms with Gasteiger partial charge < -0.3 is 5.11 Å². The first-order valence-electron chi connectivity index (χ1n) is 7.60. The second-order valence-electron chi connectivity index (χ2n) is 5.52. The normalized spacial score (nSPS) is 12.6. The summed E-state index contributed by atoms with van der Waals surface area (Å²) >= 11 is 0. The van der Waals surface area contributed by atoms with Gasteiger partial charge in [-0.25, -0.2) is 18.7 Å². The maximum Gasteiger partial charge on any atom is 0.335 e. The van der Waals surface area contributed by atoms with Crippen LogP contribution in [0.3, 0.4) is 0 Å². The molecule has 0 aromatic heterocycles. The van der Waals surface area contributed by atoms with Crippen LogP contribution >= 0.6 is 0 Å². The number of hydrogen-bond acceptors (Lipinski definition) is 5. The Kier molecular flexibility index (Phi) is 6.09. The van der Waals surface area contributed by atoms with Crippen molar-refractivity contribution < 1.29 is 28.3 Å². The van der Waals surface area contributed by atoms with Crippen LogP contribution in [0.25, 0.3) is 0 Å². The van der Waals surface area contributed by atoms with E-state index in [-0.39, 0.29) is 17.0 Å². The number of carbonyl (C=O) groups is 2. The van der Waals surface area contributed by atoms with Gasteiger partial charge in [-0.1, -0.05) is 36.4 Å². The Hall–Kier alpha value is -2.75. The monoisotopic (exact) mass is 378 g/mol. The van der Waals surface area contributed by atoms with Crippen LogP contribution in [-0.2, 0) is 21.4 Å². The molecule has 138 valence electrons. The molecule has 1 atom stereocenters. The zero-order valence-corrected chi connectivity index (χ0v) is 14.7. The first-order valence-corrected chi connectivity index (χ1v) is 9.04. The van der Waals surface area contributed by atoms with Crippen molar-refractivity contribution in [3.8, 4) is 0 Å². The van der Waals surface area contributed by atoms with E-state index in [0.717, 1.165) is 10.4 Å². The molecule has 0 saturated heterocycles. The number of hydroxylamine groups is 1. The Morgan fingerprint density at radius 2 is 1.77 bits per heavy atom. The van der Waals surface area contributed by atoms with Crippen molar-refractivity contribution in [2.45, 2.75) is 24.4 Å². The average molecular weight is 378 g/mol. The summed E-state index contributed by atoms with van der Waals surface area (Å²) in [5.74, 6) is -2.17. The zero-order chi connectivity index (χ0) is 19.3. The van der Waals surface area contributed by atoms with Crippen molar-refractivity contribution in [3.63, 3.8) is 0 Å². The summed E-state index contributed by atoms with van der Waals surface area (Å²) in [4.78, 5) is 22.7. The van der Waals surface area contributed by atoms with E-state index in [9.17, 15) is 18.0 Å². The first kappa shape index (κ1) is 19.6. The molecule has 0 aliphatic carbocycles. The smallest absolute Gasteiger partial charge is 0.335 e. The Morgan fingerprint density at radius 1 is 1.12 bits per heavy atom. The molecule has 3 N–H and O–H groups in total. The summed E-state index contributed by atoms with van der Waals surface area (Å²) < 4.78 is 27.0. The molecule has 0 bridgehead atoms. The lowest BCUT2D eigenvalue weighted by Gasteiger charge is -2.27. The molecule has 8 nitrogen and oxygen atoms in total. The van der Waals surface area contributed by atoms with Gasteiger partial charge in [-0.05, 0) is 30.7 Å². The number of rotatable bonds is 7. The van der Waals surface area contributed by atoms with Gasteiger partial charge in [0.15, 0.2) is 0 Å². The van der Waals surface area contributed by atoms with E-state index >= 15 is 0 Å². The minimum atomic E-state index is -4.21. The Morgan fingerprint density at radius 3 is 2.35 bits per heavy atom. The summed E-state index contributed by atoms with van der Waals surface area (Å²) in [6, 6.07) is 12.2. The van der Waals surface area contributed by atoms with E-state index in [4.69, 9.17) is 10.3 Å². The van der Waals surface area contributed by atoms with Gasteiger partial charge >= 0.3 is 5.97 Å². The summed E-state index contributed by atoms with van der Waals surface area (Å²) in [6.45, 7) is 1.20. The summed E-state index contributed by atoms with van der Waals surface area (Å²) in [6.07, 6.45) is 0. The molecule has 1 amide bonds. The van der Waals surface area contributed by atoms with Crippen molar-refractivity contribution in [1.29, 1.82) is 0 Å².